The summed E-state index contributed by atoms with van der Waals surface area (Å²) < 4.78 is 30.2. The van der Waals surface area contributed by atoms with E-state index < -0.39 is 50.3 Å². The van der Waals surface area contributed by atoms with E-state index in [1.165, 1.54) is 52.0 Å². The maximum Gasteiger partial charge on any atom is 0.425 e. The normalized spacial score (nSPS) is 20.4. The van der Waals surface area contributed by atoms with Crippen LogP contribution in [0, 0.1) is 10.1 Å². The Morgan fingerprint density at radius 2 is 1.86 bits per heavy atom. The molecule has 2 amide bonds. The number of amides is 2. The van der Waals surface area contributed by atoms with Crippen LogP contribution in [0.25, 0.3) is 0 Å². The molecule has 15 heteroatoms. The number of thioether (sulfide) groups is 1. The first-order valence-corrected chi connectivity index (χ1v) is 12.7. The van der Waals surface area contributed by atoms with E-state index in [1.807, 2.05) is 0 Å². The lowest BCUT2D eigenvalue weighted by Crippen LogP contribution is -2.61. The molecule has 0 bridgehead atoms. The highest BCUT2D eigenvalue weighted by Crippen LogP contribution is 2.39. The molecule has 1 aliphatic heterocycles. The molecular formula is C20H27N4O9S2-. The van der Waals surface area contributed by atoms with E-state index in [4.69, 9.17) is 9.88 Å². The molecule has 0 aliphatic carbocycles. The van der Waals surface area contributed by atoms with Gasteiger partial charge in [-0.1, -0.05) is 23.9 Å². The van der Waals surface area contributed by atoms with Gasteiger partial charge in [-0.25, -0.2) is 9.93 Å². The van der Waals surface area contributed by atoms with Gasteiger partial charge in [-0.3, -0.25) is 14.9 Å². The number of rotatable bonds is 7. The van der Waals surface area contributed by atoms with Gasteiger partial charge in [0.15, 0.2) is 5.12 Å². The van der Waals surface area contributed by atoms with Gasteiger partial charge < -0.3 is 19.5 Å². The van der Waals surface area contributed by atoms with Gasteiger partial charge in [-0.2, -0.15) is 12.7 Å². The summed E-state index contributed by atoms with van der Waals surface area (Å²) >= 11 is 0.879. The van der Waals surface area contributed by atoms with Crippen molar-refractivity contribution in [2.75, 3.05) is 13.1 Å². The number of likely N-dealkylation sites (tertiary alicyclic amines) is 1. The van der Waals surface area contributed by atoms with Crippen LogP contribution < -0.4 is 10.2 Å². The van der Waals surface area contributed by atoms with E-state index in [2.05, 4.69) is 0 Å². The van der Waals surface area contributed by atoms with Crippen molar-refractivity contribution >= 4 is 45.0 Å². The van der Waals surface area contributed by atoms with E-state index in [0.717, 1.165) is 16.7 Å². The van der Waals surface area contributed by atoms with Crippen molar-refractivity contribution in [2.45, 2.75) is 56.9 Å². The summed E-state index contributed by atoms with van der Waals surface area (Å²) in [5.41, 5.74) is -2.45. The van der Waals surface area contributed by atoms with Crippen molar-refractivity contribution in [3.8, 4) is 0 Å². The summed E-state index contributed by atoms with van der Waals surface area (Å²) in [5.74, 6) is 0. The highest BCUT2D eigenvalue weighted by Gasteiger charge is 2.50. The SMILES string of the molecule is CC(=O)SC1CN(C(=O)[O-])C(Cc2ccc([N+](=O)[O-])cc2)(CN(C(=O)OC(C)(C)C)S(N)(=O)=O)C1. The summed E-state index contributed by atoms with van der Waals surface area (Å²) in [6.45, 7) is 4.96. The molecule has 1 saturated heterocycles. The molecule has 1 aromatic carbocycles. The average Bonchev–Trinajstić information content (AvgIpc) is 3.01. The molecule has 35 heavy (non-hydrogen) atoms. The number of nitro groups is 1. The molecule has 2 atom stereocenters. The molecule has 0 spiro atoms. The van der Waals surface area contributed by atoms with Gasteiger partial charge in [0.25, 0.3) is 5.69 Å². The van der Waals surface area contributed by atoms with Crippen molar-refractivity contribution in [3.63, 3.8) is 0 Å². The van der Waals surface area contributed by atoms with Crippen LogP contribution in [0.5, 0.6) is 0 Å². The van der Waals surface area contributed by atoms with Crippen molar-refractivity contribution in [1.82, 2.24) is 9.21 Å². The van der Waals surface area contributed by atoms with Crippen molar-refractivity contribution < 1.29 is 37.6 Å². The summed E-state index contributed by atoms with van der Waals surface area (Å²) in [6, 6.07) is 5.23. The van der Waals surface area contributed by atoms with Crippen LogP contribution >= 0.6 is 11.8 Å². The number of carbonyl (C=O) groups excluding carboxylic acids is 3. The number of ether oxygens (including phenoxy) is 1. The molecule has 194 valence electrons. The van der Waals surface area contributed by atoms with Gasteiger partial charge in [0, 0.05) is 30.9 Å². The molecule has 2 rings (SSSR count). The Hall–Kier alpha value is -2.91. The Labute approximate surface area is 206 Å². The minimum Gasteiger partial charge on any atom is -0.530 e. The third kappa shape index (κ3) is 7.53. The topological polar surface area (TPSA) is 193 Å². The van der Waals surface area contributed by atoms with Crippen LogP contribution in [-0.4, -0.2) is 69.3 Å². The zero-order chi connectivity index (χ0) is 26.8. The Morgan fingerprint density at radius 1 is 1.29 bits per heavy atom. The Balaban J connectivity index is 2.58. The highest BCUT2D eigenvalue weighted by molar-refractivity contribution is 8.14. The molecular weight excluding hydrogens is 504 g/mol. The molecule has 0 radical (unpaired) electrons. The third-order valence-electron chi connectivity index (χ3n) is 5.14. The summed E-state index contributed by atoms with van der Waals surface area (Å²) in [4.78, 5) is 47.9. The van der Waals surface area contributed by atoms with Gasteiger partial charge in [-0.05, 0) is 39.2 Å². The Morgan fingerprint density at radius 3 is 2.29 bits per heavy atom. The molecule has 1 aliphatic rings. The van der Waals surface area contributed by atoms with Gasteiger partial charge in [0.05, 0.1) is 17.0 Å². The minimum absolute atomic E-state index is 0.0307. The molecule has 0 aromatic heterocycles. The maximum absolute atomic E-state index is 12.8. The maximum atomic E-state index is 12.8. The fourth-order valence-electron chi connectivity index (χ4n) is 3.91. The molecule has 1 fully saturated rings. The first-order chi connectivity index (χ1) is 15.9. The minimum atomic E-state index is -4.71. The number of carbonyl (C=O) groups is 3. The first kappa shape index (κ1) is 28.3. The van der Waals surface area contributed by atoms with Crippen LogP contribution in [-0.2, 0) is 26.2 Å². The summed E-state index contributed by atoms with van der Waals surface area (Å²) in [5, 5.41) is 27.6. The van der Waals surface area contributed by atoms with E-state index in [1.54, 1.807) is 0 Å². The van der Waals surface area contributed by atoms with Gasteiger partial charge >= 0.3 is 16.3 Å². The standard InChI is InChI=1S/C20H28N4O9S2/c1-13(25)34-16-10-20(22(11-16)17(26)27,9-14-5-7-15(8-6-14)24(29)30)12-23(35(21,31)32)18(28)33-19(2,3)4/h5-8,16H,9-12H2,1-4H3,(H,26,27)(H2,21,31,32)/p-1. The number of non-ortho nitro benzene ring substituents is 1. The zero-order valence-corrected chi connectivity index (χ0v) is 21.3. The predicted octanol–water partition coefficient (Wildman–Crippen LogP) is 1.01. The predicted molar refractivity (Wildman–Crippen MR) is 124 cm³/mol. The summed E-state index contributed by atoms with van der Waals surface area (Å²) in [7, 11) is -4.71. The second-order valence-corrected chi connectivity index (χ2v) is 12.1. The molecule has 13 nitrogen and oxygen atoms in total. The molecule has 1 aromatic rings. The lowest BCUT2D eigenvalue weighted by atomic mass is 9.87. The second kappa shape index (κ2) is 10.4. The van der Waals surface area contributed by atoms with Gasteiger partial charge in [0.1, 0.15) is 11.7 Å². The number of nitrogens with zero attached hydrogens (tertiary/aromatic N) is 3. The van der Waals surface area contributed by atoms with E-state index in [-0.39, 0.29) is 34.5 Å². The Bertz CT molecular complexity index is 1100. The number of hydrogen-bond acceptors (Lipinski definition) is 10. The van der Waals surface area contributed by atoms with Crippen molar-refractivity contribution in [2.24, 2.45) is 5.14 Å². The van der Waals surface area contributed by atoms with E-state index >= 15 is 0 Å². The van der Waals surface area contributed by atoms with Crippen LogP contribution in [0.15, 0.2) is 24.3 Å². The molecule has 1 heterocycles. The second-order valence-electron chi connectivity index (χ2n) is 9.17. The summed E-state index contributed by atoms with van der Waals surface area (Å²) in [6.07, 6.45) is -3.12. The van der Waals surface area contributed by atoms with E-state index in [0.29, 0.717) is 5.56 Å². The molecule has 0 saturated carbocycles. The van der Waals surface area contributed by atoms with Crippen molar-refractivity contribution in [1.29, 1.82) is 0 Å². The lowest BCUT2D eigenvalue weighted by Gasteiger charge is -2.42. The fraction of sp³-hybridized carbons (Fsp3) is 0.550. The number of carboxylic acid groups (broad SMARTS) is 1. The van der Waals surface area contributed by atoms with Crippen molar-refractivity contribution in [3.05, 3.63) is 39.9 Å². The number of hydrogen-bond donors (Lipinski definition) is 1. The van der Waals surface area contributed by atoms with Crippen LogP contribution in [0.3, 0.4) is 0 Å². The molecule has 2 N–H and O–H groups in total. The Kier molecular flexibility index (Phi) is 8.40. The average molecular weight is 532 g/mol. The largest absolute Gasteiger partial charge is 0.530 e. The number of nitro benzene ring substituents is 1. The highest BCUT2D eigenvalue weighted by atomic mass is 32.2. The van der Waals surface area contributed by atoms with E-state index in [9.17, 15) is 38.0 Å². The number of nitrogens with two attached hydrogens (primary N) is 1. The van der Waals surface area contributed by atoms with Gasteiger partial charge in [-0.15, -0.1) is 0 Å². The quantitative estimate of drug-likeness (QED) is 0.392. The van der Waals surface area contributed by atoms with Crippen LogP contribution in [0.4, 0.5) is 15.3 Å². The number of benzene rings is 1. The third-order valence-corrected chi connectivity index (χ3v) is 7.02. The zero-order valence-electron chi connectivity index (χ0n) is 19.6. The van der Waals surface area contributed by atoms with Gasteiger partial charge in [0.2, 0.25) is 0 Å². The fourth-order valence-corrected chi connectivity index (χ4v) is 5.66. The lowest BCUT2D eigenvalue weighted by molar-refractivity contribution is -0.384. The first-order valence-electron chi connectivity index (χ1n) is 10.4. The monoisotopic (exact) mass is 531 g/mol. The smallest absolute Gasteiger partial charge is 0.425 e. The van der Waals surface area contributed by atoms with Crippen LogP contribution in [0.1, 0.15) is 39.7 Å². The van der Waals surface area contributed by atoms with Crippen LogP contribution in [0.2, 0.25) is 0 Å². The molecule has 2 unspecified atom stereocenters.